The molecule has 6 nitrogen and oxygen atoms in total. The Hall–Kier alpha value is -2.22. The molecule has 2 atom stereocenters. The summed E-state index contributed by atoms with van der Waals surface area (Å²) in [6.07, 6.45) is -1.42. The molecular formula is C20H23ClN2O4S. The Labute approximate surface area is 180 Å². The third kappa shape index (κ3) is 4.60. The maximum absolute atomic E-state index is 13.6. The summed E-state index contributed by atoms with van der Waals surface area (Å²) in [6, 6.07) is 13.4. The molecule has 0 spiro atoms. The number of nitrogens with zero attached hydrogens (tertiary/aromatic N) is 1. The molecule has 0 saturated heterocycles. The third-order valence-corrected chi connectivity index (χ3v) is 5.38. The van der Waals surface area contributed by atoms with Crippen molar-refractivity contribution in [3.8, 4) is 5.75 Å². The Morgan fingerprint density at radius 2 is 1.93 bits per heavy atom. The van der Waals surface area contributed by atoms with E-state index in [0.717, 1.165) is 6.92 Å². The second-order valence-corrected chi connectivity index (χ2v) is 6.92. The fourth-order valence-electron chi connectivity index (χ4n) is 2.82. The minimum atomic E-state index is -2.92. The van der Waals surface area contributed by atoms with Gasteiger partial charge in [-0.25, -0.2) is 0 Å². The largest absolute Gasteiger partial charge is 0.497 e. The van der Waals surface area contributed by atoms with E-state index in [1.165, 1.54) is 24.9 Å². The average molecular weight is 427 g/mol. The molecule has 150 valence electrons. The predicted molar refractivity (Wildman–Crippen MR) is 112 cm³/mol. The third-order valence-electron chi connectivity index (χ3n) is 4.01. The van der Waals surface area contributed by atoms with Gasteiger partial charge in [0, 0.05) is 27.6 Å². The van der Waals surface area contributed by atoms with Crippen LogP contribution in [0.25, 0.3) is 0 Å². The number of anilines is 1. The van der Waals surface area contributed by atoms with Crippen LogP contribution in [0, 0.1) is 0 Å². The molecule has 1 heterocycles. The summed E-state index contributed by atoms with van der Waals surface area (Å²) in [4.78, 5) is 26.6. The summed E-state index contributed by atoms with van der Waals surface area (Å²) in [5.74, 6) is -1.03. The van der Waals surface area contributed by atoms with Gasteiger partial charge in [-0.2, -0.15) is 0 Å². The fraction of sp³-hybridized carbons (Fsp3) is 0.300. The lowest BCUT2D eigenvalue weighted by molar-refractivity contribution is -0.152. The van der Waals surface area contributed by atoms with Gasteiger partial charge in [0.05, 0.1) is 20.8 Å². The smallest absolute Gasteiger partial charge is 0.303 e. The second-order valence-electron chi connectivity index (χ2n) is 5.74. The zero-order valence-electron chi connectivity index (χ0n) is 19.2. The SMILES string of the molecule is Cl.[2H]C([2H])(N)C([2H])([2H])N1C(=O)[C@@H](OC(C)=O)[C@@H](c2ccc(OC)cc2)Sc2ccccc21. The predicted octanol–water partition coefficient (Wildman–Crippen LogP) is 3.19. The Morgan fingerprint density at radius 1 is 1.25 bits per heavy atom. The van der Waals surface area contributed by atoms with Crippen LogP contribution in [0.4, 0.5) is 5.69 Å². The normalized spacial score (nSPS) is 21.7. The molecular weight excluding hydrogens is 400 g/mol. The number of fused-ring (bicyclic) bond motifs is 1. The number of halogens is 1. The zero-order valence-corrected chi connectivity index (χ0v) is 16.9. The van der Waals surface area contributed by atoms with E-state index >= 15 is 0 Å². The standard InChI is InChI=1S/C20H22N2O4S.ClH/c1-13(23)26-18-19(14-7-9-15(25-2)10-8-14)27-17-6-4-3-5-16(17)22(12-11-21)20(18)24;/h3-10,18-19H,11-12,21H2,1-2H3;1H/t18-,19+;/m0./s1/i11D2,12D2;. The minimum Gasteiger partial charge on any atom is -0.497 e. The monoisotopic (exact) mass is 426 g/mol. The summed E-state index contributed by atoms with van der Waals surface area (Å²) < 4.78 is 42.8. The van der Waals surface area contributed by atoms with Crippen molar-refractivity contribution in [2.24, 2.45) is 5.73 Å². The van der Waals surface area contributed by atoms with Gasteiger partial charge in [0.25, 0.3) is 5.91 Å². The number of rotatable bonds is 5. The van der Waals surface area contributed by atoms with Gasteiger partial charge in [-0.05, 0) is 29.8 Å². The van der Waals surface area contributed by atoms with Gasteiger partial charge in [0.15, 0.2) is 6.10 Å². The summed E-state index contributed by atoms with van der Waals surface area (Å²) in [5.41, 5.74) is 6.27. The number of hydrogen-bond donors (Lipinski definition) is 1. The van der Waals surface area contributed by atoms with Crippen molar-refractivity contribution < 1.29 is 24.5 Å². The number of esters is 1. The van der Waals surface area contributed by atoms with Crippen molar-refractivity contribution in [3.63, 3.8) is 0 Å². The van der Waals surface area contributed by atoms with Crippen LogP contribution in [-0.2, 0) is 14.3 Å². The van der Waals surface area contributed by atoms with Crippen LogP contribution in [0.15, 0.2) is 53.4 Å². The molecule has 1 aliphatic heterocycles. The number of ether oxygens (including phenoxy) is 2. The Morgan fingerprint density at radius 3 is 2.54 bits per heavy atom. The zero-order chi connectivity index (χ0) is 23.0. The van der Waals surface area contributed by atoms with E-state index in [0.29, 0.717) is 21.1 Å². The first-order valence-electron chi connectivity index (χ1n) is 10.2. The van der Waals surface area contributed by atoms with E-state index in [2.05, 4.69) is 0 Å². The van der Waals surface area contributed by atoms with Crippen molar-refractivity contribution in [1.82, 2.24) is 0 Å². The van der Waals surface area contributed by atoms with Crippen LogP contribution in [0.5, 0.6) is 5.75 Å². The number of amides is 1. The molecule has 0 fully saturated rings. The van der Waals surface area contributed by atoms with Gasteiger partial charge in [-0.15, -0.1) is 24.2 Å². The summed E-state index contributed by atoms with van der Waals surface area (Å²) >= 11 is 1.22. The maximum atomic E-state index is 13.6. The first-order valence-corrected chi connectivity index (χ1v) is 9.05. The number of benzene rings is 2. The van der Waals surface area contributed by atoms with Gasteiger partial charge in [-0.3, -0.25) is 9.59 Å². The van der Waals surface area contributed by atoms with E-state index in [1.807, 2.05) is 0 Å². The number of hydrogen-bond acceptors (Lipinski definition) is 6. The van der Waals surface area contributed by atoms with Crippen molar-refractivity contribution in [2.75, 3.05) is 25.0 Å². The van der Waals surface area contributed by atoms with Crippen LogP contribution in [-0.4, -0.2) is 38.1 Å². The summed E-state index contributed by atoms with van der Waals surface area (Å²) in [5, 5.41) is -0.715. The fourth-order valence-corrected chi connectivity index (χ4v) is 4.12. The number of para-hydroxylation sites is 1. The van der Waals surface area contributed by atoms with Gasteiger partial charge in [-0.1, -0.05) is 24.3 Å². The summed E-state index contributed by atoms with van der Waals surface area (Å²) in [6.45, 7) is -4.66. The molecule has 2 aromatic rings. The lowest BCUT2D eigenvalue weighted by Gasteiger charge is -2.27. The highest BCUT2D eigenvalue weighted by molar-refractivity contribution is 7.99. The Kier molecular flexibility index (Phi) is 5.86. The van der Waals surface area contributed by atoms with Gasteiger partial charge < -0.3 is 20.1 Å². The molecule has 2 N–H and O–H groups in total. The molecule has 0 radical (unpaired) electrons. The second kappa shape index (κ2) is 9.82. The number of carbonyl (C=O) groups is 2. The van der Waals surface area contributed by atoms with Crippen molar-refractivity contribution in [2.45, 2.75) is 23.2 Å². The highest BCUT2D eigenvalue weighted by atomic mass is 35.5. The Bertz CT molecular complexity index is 988. The molecule has 28 heavy (non-hydrogen) atoms. The van der Waals surface area contributed by atoms with Crippen LogP contribution < -0.4 is 15.4 Å². The molecule has 0 saturated carbocycles. The minimum absolute atomic E-state index is 0. The van der Waals surface area contributed by atoms with Crippen LogP contribution in [0.1, 0.15) is 23.2 Å². The molecule has 0 unspecified atom stereocenters. The summed E-state index contributed by atoms with van der Waals surface area (Å²) in [7, 11) is 1.53. The highest BCUT2D eigenvalue weighted by Gasteiger charge is 2.40. The van der Waals surface area contributed by atoms with Crippen molar-refractivity contribution in [1.29, 1.82) is 0 Å². The van der Waals surface area contributed by atoms with Crippen LogP contribution in [0.3, 0.4) is 0 Å². The maximum Gasteiger partial charge on any atom is 0.303 e. The van der Waals surface area contributed by atoms with Gasteiger partial charge in [0.2, 0.25) is 0 Å². The van der Waals surface area contributed by atoms with E-state index < -0.39 is 36.2 Å². The Balaban J connectivity index is 0.00000363. The number of thioether (sulfide) groups is 1. The first-order chi connectivity index (χ1) is 14.5. The van der Waals surface area contributed by atoms with Gasteiger partial charge in [0.1, 0.15) is 5.75 Å². The molecule has 1 aliphatic rings. The quantitative estimate of drug-likeness (QED) is 0.739. The topological polar surface area (TPSA) is 81.9 Å². The van der Waals surface area contributed by atoms with Crippen LogP contribution in [0.2, 0.25) is 0 Å². The van der Waals surface area contributed by atoms with Crippen LogP contribution >= 0.6 is 24.2 Å². The molecule has 1 amide bonds. The lowest BCUT2D eigenvalue weighted by atomic mass is 10.1. The molecule has 0 aromatic heterocycles. The van der Waals surface area contributed by atoms with Gasteiger partial charge >= 0.3 is 5.97 Å². The first kappa shape index (κ1) is 16.7. The molecule has 2 aromatic carbocycles. The van der Waals surface area contributed by atoms with Crippen molar-refractivity contribution >= 4 is 41.7 Å². The molecule has 3 rings (SSSR count). The highest BCUT2D eigenvalue weighted by Crippen LogP contribution is 2.46. The van der Waals surface area contributed by atoms with E-state index in [-0.39, 0.29) is 18.1 Å². The number of nitrogens with two attached hydrogens (primary N) is 1. The molecule has 0 bridgehead atoms. The van der Waals surface area contributed by atoms with E-state index in [1.54, 1.807) is 42.5 Å². The molecule has 0 aliphatic carbocycles. The average Bonchev–Trinajstić information content (AvgIpc) is 2.82. The lowest BCUT2D eigenvalue weighted by Crippen LogP contribution is -2.44. The van der Waals surface area contributed by atoms with E-state index in [4.69, 9.17) is 20.7 Å². The van der Waals surface area contributed by atoms with Crippen molar-refractivity contribution in [3.05, 3.63) is 54.1 Å². The number of carbonyl (C=O) groups excluding carboxylic acids is 2. The molecule has 8 heteroatoms. The van der Waals surface area contributed by atoms with E-state index in [9.17, 15) is 9.59 Å². The number of methoxy groups -OCH3 is 1.